The van der Waals surface area contributed by atoms with Gasteiger partial charge in [0.25, 0.3) is 5.91 Å². The van der Waals surface area contributed by atoms with Crippen LogP contribution in [0, 0.1) is 12.8 Å². The zero-order valence-electron chi connectivity index (χ0n) is 16.0. The highest BCUT2D eigenvalue weighted by Crippen LogP contribution is 2.28. The number of hydrogen-bond donors (Lipinski definition) is 1. The fraction of sp³-hybridized carbons (Fsp3) is 0.500. The van der Waals surface area contributed by atoms with Crippen molar-refractivity contribution in [2.24, 2.45) is 11.7 Å². The predicted molar refractivity (Wildman–Crippen MR) is 107 cm³/mol. The average molecular weight is 377 g/mol. The minimum atomic E-state index is -0.200. The molecule has 1 fully saturated rings. The molecule has 3 rings (SSSR count). The van der Waals surface area contributed by atoms with E-state index >= 15 is 0 Å². The van der Waals surface area contributed by atoms with E-state index in [-0.39, 0.29) is 23.7 Å². The Morgan fingerprint density at radius 1 is 1.27 bits per heavy atom. The van der Waals surface area contributed by atoms with Crippen molar-refractivity contribution >= 4 is 18.3 Å². The maximum Gasteiger partial charge on any atom is 0.257 e. The number of carbonyl (C=O) groups is 1. The molecular weight excluding hydrogens is 348 g/mol. The first-order valence-electron chi connectivity index (χ1n) is 8.96. The first-order chi connectivity index (χ1) is 11.8. The Morgan fingerprint density at radius 3 is 2.46 bits per heavy atom. The Balaban J connectivity index is 0.00000243. The first kappa shape index (κ1) is 20.5. The lowest BCUT2D eigenvalue weighted by Crippen LogP contribution is -2.31. The highest BCUT2D eigenvalue weighted by Gasteiger charge is 2.32. The van der Waals surface area contributed by atoms with Crippen molar-refractivity contribution in [1.29, 1.82) is 0 Å². The van der Waals surface area contributed by atoms with Crippen molar-refractivity contribution in [3.05, 3.63) is 47.3 Å². The maximum absolute atomic E-state index is 13.1. The summed E-state index contributed by atoms with van der Waals surface area (Å²) >= 11 is 0. The topological polar surface area (TPSA) is 64.2 Å². The molecule has 2 N–H and O–H groups in total. The van der Waals surface area contributed by atoms with E-state index in [1.807, 2.05) is 27.9 Å². The van der Waals surface area contributed by atoms with Crippen LogP contribution in [0.1, 0.15) is 48.8 Å². The van der Waals surface area contributed by atoms with Crippen molar-refractivity contribution in [1.82, 2.24) is 14.7 Å². The van der Waals surface area contributed by atoms with Gasteiger partial charge in [-0.3, -0.25) is 4.79 Å². The monoisotopic (exact) mass is 376 g/mol. The molecule has 2 aromatic rings. The number of aromatic nitrogens is 2. The van der Waals surface area contributed by atoms with Crippen LogP contribution in [0.3, 0.4) is 0 Å². The van der Waals surface area contributed by atoms with Gasteiger partial charge in [-0.15, -0.1) is 12.4 Å². The standard InChI is InChI=1S/C20H28N4O.ClH/c1-14-5-7-16(8-6-14)24-13-17(18(22-24)20(2,3)4)19(25)23-10-9-15(11-21)12-23;/h5-8,13,15H,9-12,21H2,1-4H3;1H. The fourth-order valence-corrected chi connectivity index (χ4v) is 3.29. The molecule has 1 aliphatic heterocycles. The molecule has 0 saturated carbocycles. The van der Waals surface area contributed by atoms with Gasteiger partial charge in [0.1, 0.15) is 0 Å². The second kappa shape index (κ2) is 7.80. The SMILES string of the molecule is Cc1ccc(-n2cc(C(=O)N3CCC(CN)C3)c(C(C)(C)C)n2)cc1.Cl. The third-order valence-electron chi connectivity index (χ3n) is 4.86. The van der Waals surface area contributed by atoms with Gasteiger partial charge in [-0.2, -0.15) is 5.10 Å². The van der Waals surface area contributed by atoms with Crippen LogP contribution in [0.2, 0.25) is 0 Å². The molecule has 0 aliphatic carbocycles. The van der Waals surface area contributed by atoms with E-state index in [1.165, 1.54) is 5.56 Å². The Bertz CT molecular complexity index is 761. The molecule has 6 heteroatoms. The molecule has 1 atom stereocenters. The van der Waals surface area contributed by atoms with Crippen LogP contribution in [0.15, 0.2) is 30.5 Å². The Hall–Kier alpha value is -1.85. The highest BCUT2D eigenvalue weighted by molar-refractivity contribution is 5.95. The Labute approximate surface area is 162 Å². The van der Waals surface area contributed by atoms with Gasteiger partial charge in [-0.1, -0.05) is 38.5 Å². The molecule has 1 aromatic heterocycles. The number of hydrogen-bond acceptors (Lipinski definition) is 3. The van der Waals surface area contributed by atoms with Crippen LogP contribution in [-0.4, -0.2) is 40.2 Å². The summed E-state index contributed by atoms with van der Waals surface area (Å²) in [7, 11) is 0. The highest BCUT2D eigenvalue weighted by atomic mass is 35.5. The van der Waals surface area contributed by atoms with Crippen LogP contribution in [-0.2, 0) is 5.41 Å². The Morgan fingerprint density at radius 2 is 1.92 bits per heavy atom. The molecule has 1 unspecified atom stereocenters. The maximum atomic E-state index is 13.1. The summed E-state index contributed by atoms with van der Waals surface area (Å²) in [5.74, 6) is 0.480. The van der Waals surface area contributed by atoms with Gasteiger partial charge >= 0.3 is 0 Å². The van der Waals surface area contributed by atoms with Gasteiger partial charge in [-0.05, 0) is 37.9 Å². The molecule has 0 spiro atoms. The predicted octanol–water partition coefficient (Wildman–Crippen LogP) is 3.32. The smallest absolute Gasteiger partial charge is 0.257 e. The molecule has 1 aromatic carbocycles. The van der Waals surface area contributed by atoms with Gasteiger partial charge in [0.05, 0.1) is 16.9 Å². The van der Waals surface area contributed by atoms with Gasteiger partial charge in [-0.25, -0.2) is 4.68 Å². The van der Waals surface area contributed by atoms with E-state index < -0.39 is 0 Å². The zero-order chi connectivity index (χ0) is 18.2. The molecule has 1 aliphatic rings. The van der Waals surface area contributed by atoms with Crippen molar-refractivity contribution in [2.75, 3.05) is 19.6 Å². The Kier molecular flexibility index (Phi) is 6.14. The number of amides is 1. The van der Waals surface area contributed by atoms with E-state index in [1.54, 1.807) is 0 Å². The molecule has 1 saturated heterocycles. The zero-order valence-corrected chi connectivity index (χ0v) is 16.8. The summed E-state index contributed by atoms with van der Waals surface area (Å²) in [6, 6.07) is 8.18. The van der Waals surface area contributed by atoms with Crippen LogP contribution in [0.5, 0.6) is 0 Å². The third-order valence-corrected chi connectivity index (χ3v) is 4.86. The van der Waals surface area contributed by atoms with Crippen molar-refractivity contribution < 1.29 is 4.79 Å². The third kappa shape index (κ3) is 4.10. The fourth-order valence-electron chi connectivity index (χ4n) is 3.29. The first-order valence-corrected chi connectivity index (χ1v) is 8.96. The van der Waals surface area contributed by atoms with Crippen molar-refractivity contribution in [3.63, 3.8) is 0 Å². The number of aryl methyl sites for hydroxylation is 1. The van der Waals surface area contributed by atoms with E-state index in [4.69, 9.17) is 10.8 Å². The number of halogens is 1. The van der Waals surface area contributed by atoms with Crippen molar-refractivity contribution in [2.45, 2.75) is 39.5 Å². The molecule has 2 heterocycles. The van der Waals surface area contributed by atoms with E-state index in [0.717, 1.165) is 30.9 Å². The summed E-state index contributed by atoms with van der Waals surface area (Å²) in [4.78, 5) is 15.0. The molecular formula is C20H29ClN4O. The molecule has 0 radical (unpaired) electrons. The van der Waals surface area contributed by atoms with Crippen molar-refractivity contribution in [3.8, 4) is 5.69 Å². The van der Waals surface area contributed by atoms with Gasteiger partial charge in [0.15, 0.2) is 0 Å². The normalized spacial score (nSPS) is 17.3. The number of rotatable bonds is 3. The quantitative estimate of drug-likeness (QED) is 0.893. The molecule has 1 amide bonds. The number of likely N-dealkylation sites (tertiary alicyclic amines) is 1. The number of nitrogens with two attached hydrogens (primary N) is 1. The van der Waals surface area contributed by atoms with E-state index in [0.29, 0.717) is 18.0 Å². The van der Waals surface area contributed by atoms with E-state index in [2.05, 4.69) is 39.8 Å². The summed E-state index contributed by atoms with van der Waals surface area (Å²) in [6.07, 6.45) is 2.86. The number of benzene rings is 1. The molecule has 0 bridgehead atoms. The summed E-state index contributed by atoms with van der Waals surface area (Å²) in [5, 5.41) is 4.76. The minimum Gasteiger partial charge on any atom is -0.338 e. The lowest BCUT2D eigenvalue weighted by Gasteiger charge is -2.20. The number of nitrogens with zero attached hydrogens (tertiary/aromatic N) is 3. The minimum absolute atomic E-state index is 0. The van der Waals surface area contributed by atoms with Crippen LogP contribution >= 0.6 is 12.4 Å². The van der Waals surface area contributed by atoms with Crippen LogP contribution < -0.4 is 5.73 Å². The van der Waals surface area contributed by atoms with Gasteiger partial charge in [0.2, 0.25) is 0 Å². The second-order valence-corrected chi connectivity index (χ2v) is 8.06. The largest absolute Gasteiger partial charge is 0.338 e. The lowest BCUT2D eigenvalue weighted by atomic mass is 9.89. The van der Waals surface area contributed by atoms with Gasteiger partial charge in [0, 0.05) is 24.7 Å². The lowest BCUT2D eigenvalue weighted by molar-refractivity contribution is 0.0785. The molecule has 26 heavy (non-hydrogen) atoms. The summed E-state index contributed by atoms with van der Waals surface area (Å²) in [5.41, 5.74) is 9.28. The number of carbonyl (C=O) groups excluding carboxylic acids is 1. The molecule has 142 valence electrons. The van der Waals surface area contributed by atoms with Crippen LogP contribution in [0.25, 0.3) is 5.69 Å². The molecule has 5 nitrogen and oxygen atoms in total. The van der Waals surface area contributed by atoms with E-state index in [9.17, 15) is 4.79 Å². The summed E-state index contributed by atoms with van der Waals surface area (Å²) < 4.78 is 1.82. The second-order valence-electron chi connectivity index (χ2n) is 8.06. The average Bonchev–Trinajstić information content (AvgIpc) is 3.21. The summed E-state index contributed by atoms with van der Waals surface area (Å²) in [6.45, 7) is 10.5. The van der Waals surface area contributed by atoms with Crippen LogP contribution in [0.4, 0.5) is 0 Å². The van der Waals surface area contributed by atoms with Gasteiger partial charge < -0.3 is 10.6 Å².